The van der Waals surface area contributed by atoms with Gasteiger partial charge in [-0.3, -0.25) is 4.98 Å². The van der Waals surface area contributed by atoms with Gasteiger partial charge in [-0.2, -0.15) is 0 Å². The predicted octanol–water partition coefficient (Wildman–Crippen LogP) is 12.2. The molecule has 5 nitrogen and oxygen atoms in total. The molecule has 0 aliphatic heterocycles. The van der Waals surface area contributed by atoms with E-state index in [1.54, 1.807) is 22.7 Å². The number of nitrogens with zero attached hydrogens (tertiary/aromatic N) is 5. The fraction of sp³-hybridized carbons (Fsp3) is 0. The van der Waals surface area contributed by atoms with Gasteiger partial charge in [-0.15, -0.1) is 22.7 Å². The number of pyridine rings is 1. The summed E-state index contributed by atoms with van der Waals surface area (Å²) in [5.74, 6) is 0.667. The lowest BCUT2D eigenvalue weighted by molar-refractivity contribution is 1.18. The van der Waals surface area contributed by atoms with Gasteiger partial charge in [-0.25, -0.2) is 19.9 Å². The van der Waals surface area contributed by atoms with E-state index in [2.05, 4.69) is 138 Å². The highest BCUT2D eigenvalue weighted by molar-refractivity contribution is 7.22. The molecule has 0 aliphatic rings. The maximum atomic E-state index is 5.13. The summed E-state index contributed by atoms with van der Waals surface area (Å²) >= 11 is 3.42. The minimum Gasteiger partial charge on any atom is -0.263 e. The van der Waals surface area contributed by atoms with E-state index in [-0.39, 0.29) is 0 Å². The monoisotopic (exact) mass is 701 g/mol. The number of hydrogen-bond acceptors (Lipinski definition) is 7. The Morgan fingerprint density at radius 2 is 0.865 bits per heavy atom. The van der Waals surface area contributed by atoms with E-state index in [1.165, 1.54) is 14.8 Å². The summed E-state index contributed by atoms with van der Waals surface area (Å²) in [7, 11) is 0. The van der Waals surface area contributed by atoms with Crippen LogP contribution in [0.5, 0.6) is 0 Å². The molecule has 10 aromatic rings. The Balaban J connectivity index is 1.04. The molecular weight excluding hydrogens is 675 g/mol. The van der Waals surface area contributed by atoms with Gasteiger partial charge in [0, 0.05) is 51.2 Å². The normalized spacial score (nSPS) is 11.5. The molecule has 6 aromatic carbocycles. The molecule has 52 heavy (non-hydrogen) atoms. The third-order valence-electron chi connectivity index (χ3n) is 9.29. The summed E-state index contributed by atoms with van der Waals surface area (Å²) in [6, 6.07) is 52.5. The quantitative estimate of drug-likeness (QED) is 0.173. The smallest absolute Gasteiger partial charge is 0.160 e. The van der Waals surface area contributed by atoms with Gasteiger partial charge in [-0.05, 0) is 41.3 Å². The average Bonchev–Trinajstić information content (AvgIpc) is 3.86. The summed E-state index contributed by atoms with van der Waals surface area (Å²) in [5, 5.41) is 4.31. The molecule has 7 heteroatoms. The summed E-state index contributed by atoms with van der Waals surface area (Å²) in [5.41, 5.74) is 11.1. The molecule has 0 bridgehead atoms. The zero-order valence-electron chi connectivity index (χ0n) is 27.6. The zero-order chi connectivity index (χ0) is 34.4. The van der Waals surface area contributed by atoms with Gasteiger partial charge < -0.3 is 0 Å². The van der Waals surface area contributed by atoms with Crippen LogP contribution in [-0.2, 0) is 0 Å². The molecule has 0 amide bonds. The number of fused-ring (bicyclic) bond motifs is 3. The number of hydrogen-bond donors (Lipinski definition) is 0. The highest BCUT2D eigenvalue weighted by Gasteiger charge is 2.14. The molecule has 4 aromatic heterocycles. The van der Waals surface area contributed by atoms with Gasteiger partial charge in [-0.1, -0.05) is 121 Å². The van der Waals surface area contributed by atoms with Crippen molar-refractivity contribution in [2.45, 2.75) is 0 Å². The second-order valence-corrected chi connectivity index (χ2v) is 14.6. The maximum absolute atomic E-state index is 5.13. The van der Waals surface area contributed by atoms with Crippen LogP contribution in [0.1, 0.15) is 0 Å². The van der Waals surface area contributed by atoms with Crippen molar-refractivity contribution in [1.29, 1.82) is 0 Å². The molecule has 0 atom stereocenters. The fourth-order valence-corrected chi connectivity index (χ4v) is 8.52. The first-order chi connectivity index (χ1) is 25.7. The number of aromatic nitrogens is 5. The number of thiazole rings is 2. The number of para-hydroxylation sites is 2. The Morgan fingerprint density at radius 3 is 1.44 bits per heavy atom. The Kier molecular flexibility index (Phi) is 7.44. The molecule has 0 N–H and O–H groups in total. The average molecular weight is 702 g/mol. The Hall–Kier alpha value is -6.41. The largest absolute Gasteiger partial charge is 0.263 e. The predicted molar refractivity (Wildman–Crippen MR) is 216 cm³/mol. The van der Waals surface area contributed by atoms with E-state index in [4.69, 9.17) is 19.9 Å². The Labute approximate surface area is 307 Å². The van der Waals surface area contributed by atoms with E-state index < -0.39 is 0 Å². The molecule has 10 rings (SSSR count). The summed E-state index contributed by atoms with van der Waals surface area (Å²) in [6.07, 6.45) is 3.84. The summed E-state index contributed by atoms with van der Waals surface area (Å²) in [4.78, 5) is 24.5. The van der Waals surface area contributed by atoms with Crippen LogP contribution in [0.25, 0.3) is 97.4 Å². The van der Waals surface area contributed by atoms with Gasteiger partial charge in [0.25, 0.3) is 0 Å². The van der Waals surface area contributed by atoms with Crippen molar-refractivity contribution < 1.29 is 0 Å². The van der Waals surface area contributed by atoms with Crippen LogP contribution in [-0.4, -0.2) is 24.9 Å². The van der Waals surface area contributed by atoms with Crippen molar-refractivity contribution in [2.75, 3.05) is 0 Å². The second kappa shape index (κ2) is 12.7. The molecule has 0 unspecified atom stereocenters. The van der Waals surface area contributed by atoms with Crippen molar-refractivity contribution in [3.05, 3.63) is 164 Å². The van der Waals surface area contributed by atoms with Crippen molar-refractivity contribution >= 4 is 53.9 Å². The van der Waals surface area contributed by atoms with Gasteiger partial charge in [0.15, 0.2) is 5.82 Å². The molecule has 0 saturated carbocycles. The molecule has 4 heterocycles. The van der Waals surface area contributed by atoms with Crippen molar-refractivity contribution in [2.24, 2.45) is 0 Å². The molecule has 0 radical (unpaired) electrons. The van der Waals surface area contributed by atoms with Crippen LogP contribution in [0.3, 0.4) is 0 Å². The van der Waals surface area contributed by atoms with Gasteiger partial charge >= 0.3 is 0 Å². The molecule has 0 fully saturated rings. The Bertz CT molecular complexity index is 2690. The van der Waals surface area contributed by atoms with E-state index in [0.717, 1.165) is 76.8 Å². The SMILES string of the molecule is c1ccc2c(-c3ccc(-c4nc(-c5ccc(-c6nc7ccccc7s6)cc5)cc(-c5ccc(-c6nc7ccccc7s6)cc5)n4)cc3)cncc2c1. The van der Waals surface area contributed by atoms with Gasteiger partial charge in [0.2, 0.25) is 0 Å². The first kappa shape index (κ1) is 30.4. The van der Waals surface area contributed by atoms with Gasteiger partial charge in [0.1, 0.15) is 10.0 Å². The second-order valence-electron chi connectivity index (χ2n) is 12.6. The van der Waals surface area contributed by atoms with E-state index >= 15 is 0 Å². The van der Waals surface area contributed by atoms with Crippen LogP contribution in [0.15, 0.2) is 164 Å². The standard InChI is InChI=1S/C45H27N5S2/c1-2-8-35-34(7-1)26-46-27-36(35)28-13-19-31(20-14-28)43-47-39(29-15-21-32(22-16-29)44-49-37-9-3-5-11-41(37)51-44)25-40(48-43)30-17-23-33(24-18-30)45-50-38-10-4-6-12-42(38)52-45/h1-27H. The maximum Gasteiger partial charge on any atom is 0.160 e. The summed E-state index contributed by atoms with van der Waals surface area (Å²) in [6.45, 7) is 0. The fourth-order valence-electron chi connectivity index (χ4n) is 6.58. The highest BCUT2D eigenvalue weighted by Crippen LogP contribution is 2.35. The minimum atomic E-state index is 0.667. The van der Waals surface area contributed by atoms with E-state index in [0.29, 0.717) is 5.82 Å². The zero-order valence-corrected chi connectivity index (χ0v) is 29.3. The van der Waals surface area contributed by atoms with E-state index in [1.807, 2.05) is 30.6 Å². The lowest BCUT2D eigenvalue weighted by atomic mass is 9.99. The molecule has 0 aliphatic carbocycles. The highest BCUT2D eigenvalue weighted by atomic mass is 32.1. The van der Waals surface area contributed by atoms with Crippen molar-refractivity contribution in [1.82, 2.24) is 24.9 Å². The van der Waals surface area contributed by atoms with Crippen LogP contribution in [0, 0.1) is 0 Å². The molecule has 0 spiro atoms. The minimum absolute atomic E-state index is 0.667. The van der Waals surface area contributed by atoms with Crippen LogP contribution < -0.4 is 0 Å². The molecule has 244 valence electrons. The lowest BCUT2D eigenvalue weighted by Crippen LogP contribution is -1.96. The van der Waals surface area contributed by atoms with Crippen molar-refractivity contribution in [3.8, 4) is 66.2 Å². The van der Waals surface area contributed by atoms with Crippen LogP contribution in [0.4, 0.5) is 0 Å². The van der Waals surface area contributed by atoms with Crippen LogP contribution in [0.2, 0.25) is 0 Å². The van der Waals surface area contributed by atoms with Gasteiger partial charge in [0.05, 0.1) is 31.8 Å². The van der Waals surface area contributed by atoms with Crippen LogP contribution >= 0.6 is 22.7 Å². The first-order valence-corrected chi connectivity index (χ1v) is 18.6. The Morgan fingerprint density at radius 1 is 0.385 bits per heavy atom. The van der Waals surface area contributed by atoms with E-state index in [9.17, 15) is 0 Å². The first-order valence-electron chi connectivity index (χ1n) is 17.0. The summed E-state index contributed by atoms with van der Waals surface area (Å²) < 4.78 is 2.37. The molecular formula is C45H27N5S2. The third-order valence-corrected chi connectivity index (χ3v) is 11.5. The number of benzene rings is 6. The third kappa shape index (κ3) is 5.62. The number of rotatable bonds is 6. The lowest BCUT2D eigenvalue weighted by Gasteiger charge is -2.11. The molecule has 0 saturated heterocycles. The topological polar surface area (TPSA) is 64.5 Å². The van der Waals surface area contributed by atoms with Crippen molar-refractivity contribution in [3.63, 3.8) is 0 Å².